The smallest absolute Gasteiger partial charge is 0.185 e. The van der Waals surface area contributed by atoms with E-state index in [2.05, 4.69) is 4.98 Å². The fourth-order valence-corrected chi connectivity index (χ4v) is 1.89. The number of benzene rings is 1. The first-order chi connectivity index (χ1) is 8.36. The molecule has 0 amide bonds. The number of nitrogens with zero attached hydrogens (tertiary/aromatic N) is 2. The molecule has 90 valence electrons. The molecule has 0 spiro atoms. The summed E-state index contributed by atoms with van der Waals surface area (Å²) in [4.78, 5) is 15.3. The van der Waals surface area contributed by atoms with Gasteiger partial charge in [-0.15, -0.1) is 0 Å². The van der Waals surface area contributed by atoms with Crippen LogP contribution in [0.15, 0.2) is 24.3 Å². The molecule has 0 aliphatic carbocycles. The lowest BCUT2D eigenvalue weighted by Gasteiger charge is -2.06. The van der Waals surface area contributed by atoms with Gasteiger partial charge in [0.15, 0.2) is 12.1 Å². The van der Waals surface area contributed by atoms with E-state index in [-0.39, 0.29) is 0 Å². The zero-order chi connectivity index (χ0) is 12.1. The molecule has 0 fully saturated rings. The third-order valence-electron chi connectivity index (χ3n) is 2.66. The Labute approximate surface area is 100 Å². The van der Waals surface area contributed by atoms with Crippen LogP contribution in [0.2, 0.25) is 0 Å². The van der Waals surface area contributed by atoms with E-state index in [4.69, 9.17) is 4.74 Å². The highest BCUT2D eigenvalue weighted by atomic mass is 16.5. The second kappa shape index (κ2) is 5.59. The molecule has 0 N–H and O–H groups in total. The van der Waals surface area contributed by atoms with Crippen molar-refractivity contribution in [1.29, 1.82) is 0 Å². The van der Waals surface area contributed by atoms with Crippen molar-refractivity contribution in [1.82, 2.24) is 9.55 Å². The summed E-state index contributed by atoms with van der Waals surface area (Å²) < 4.78 is 7.24. The molecule has 0 atom stereocenters. The Kier molecular flexibility index (Phi) is 3.88. The van der Waals surface area contributed by atoms with Gasteiger partial charge in [-0.3, -0.25) is 4.79 Å². The number of imidazole rings is 1. The van der Waals surface area contributed by atoms with Crippen LogP contribution in [0.3, 0.4) is 0 Å². The first kappa shape index (κ1) is 11.8. The number of aldehydes is 1. The fraction of sp³-hybridized carbons (Fsp3) is 0.385. The van der Waals surface area contributed by atoms with Crippen molar-refractivity contribution in [2.75, 3.05) is 13.2 Å². The van der Waals surface area contributed by atoms with Crippen molar-refractivity contribution in [3.05, 3.63) is 30.1 Å². The minimum atomic E-state index is 0.489. The quantitative estimate of drug-likeness (QED) is 0.567. The molecule has 17 heavy (non-hydrogen) atoms. The van der Waals surface area contributed by atoms with Crippen LogP contribution < -0.4 is 0 Å². The molecule has 0 saturated heterocycles. The Morgan fingerprint density at radius 3 is 3.00 bits per heavy atom. The van der Waals surface area contributed by atoms with Crippen LogP contribution in [0.4, 0.5) is 0 Å². The number of fused-ring (bicyclic) bond motifs is 1. The number of hydrogen-bond donors (Lipinski definition) is 0. The lowest BCUT2D eigenvalue weighted by molar-refractivity contribution is 0.110. The summed E-state index contributed by atoms with van der Waals surface area (Å²) in [5, 5.41) is 0. The Hall–Kier alpha value is -1.68. The van der Waals surface area contributed by atoms with Crippen LogP contribution in [0.5, 0.6) is 0 Å². The average molecular weight is 232 g/mol. The summed E-state index contributed by atoms with van der Waals surface area (Å²) in [7, 11) is 0. The second-order valence-electron chi connectivity index (χ2n) is 3.78. The molecule has 0 radical (unpaired) electrons. The maximum atomic E-state index is 11.0. The van der Waals surface area contributed by atoms with Crippen LogP contribution in [-0.4, -0.2) is 29.1 Å². The molecule has 4 heteroatoms. The highest BCUT2D eigenvalue weighted by molar-refractivity contribution is 5.82. The number of aryl methyl sites for hydroxylation is 1. The molecule has 4 nitrogen and oxygen atoms in total. The van der Waals surface area contributed by atoms with Crippen LogP contribution >= 0.6 is 0 Å². The second-order valence-corrected chi connectivity index (χ2v) is 3.78. The van der Waals surface area contributed by atoms with Crippen molar-refractivity contribution in [3.8, 4) is 0 Å². The molecular weight excluding hydrogens is 216 g/mol. The Morgan fingerprint density at radius 2 is 2.24 bits per heavy atom. The van der Waals surface area contributed by atoms with Gasteiger partial charge in [0.1, 0.15) is 0 Å². The number of carbonyl (C=O) groups is 1. The maximum Gasteiger partial charge on any atom is 0.185 e. The van der Waals surface area contributed by atoms with E-state index in [1.54, 1.807) is 0 Å². The van der Waals surface area contributed by atoms with Crippen molar-refractivity contribution in [2.45, 2.75) is 19.9 Å². The summed E-state index contributed by atoms with van der Waals surface area (Å²) in [6.07, 6.45) is 1.69. The average Bonchev–Trinajstić information content (AvgIpc) is 2.73. The summed E-state index contributed by atoms with van der Waals surface area (Å²) in [6.45, 7) is 4.17. The highest BCUT2D eigenvalue weighted by Gasteiger charge is 2.08. The van der Waals surface area contributed by atoms with Gasteiger partial charge in [-0.1, -0.05) is 12.1 Å². The summed E-state index contributed by atoms with van der Waals surface area (Å²) in [5.41, 5.74) is 1.87. The van der Waals surface area contributed by atoms with Crippen molar-refractivity contribution < 1.29 is 9.53 Å². The number of aromatic nitrogens is 2. The van der Waals surface area contributed by atoms with Crippen LogP contribution in [0, 0.1) is 0 Å². The minimum Gasteiger partial charge on any atom is -0.382 e. The van der Waals surface area contributed by atoms with Gasteiger partial charge in [0.25, 0.3) is 0 Å². The summed E-state index contributed by atoms with van der Waals surface area (Å²) in [5.74, 6) is 0.489. The monoisotopic (exact) mass is 232 g/mol. The number of ether oxygens (including phenoxy) is 1. The number of carbonyl (C=O) groups excluding carboxylic acids is 1. The molecule has 1 heterocycles. The largest absolute Gasteiger partial charge is 0.382 e. The zero-order valence-electron chi connectivity index (χ0n) is 9.93. The molecule has 0 unspecified atom stereocenters. The van der Waals surface area contributed by atoms with E-state index in [1.165, 1.54) is 0 Å². The Balaban J connectivity index is 2.21. The van der Waals surface area contributed by atoms with Crippen molar-refractivity contribution in [3.63, 3.8) is 0 Å². The van der Waals surface area contributed by atoms with E-state index < -0.39 is 0 Å². The number of rotatable bonds is 6. The molecule has 2 aromatic rings. The summed E-state index contributed by atoms with van der Waals surface area (Å²) >= 11 is 0. The van der Waals surface area contributed by atoms with E-state index >= 15 is 0 Å². The highest BCUT2D eigenvalue weighted by Crippen LogP contribution is 2.15. The fourth-order valence-electron chi connectivity index (χ4n) is 1.89. The molecule has 0 aliphatic heterocycles. The molecule has 2 rings (SSSR count). The zero-order valence-corrected chi connectivity index (χ0v) is 9.93. The van der Waals surface area contributed by atoms with Gasteiger partial charge >= 0.3 is 0 Å². The normalized spacial score (nSPS) is 10.9. The van der Waals surface area contributed by atoms with Gasteiger partial charge in [0.05, 0.1) is 11.0 Å². The third-order valence-corrected chi connectivity index (χ3v) is 2.66. The lowest BCUT2D eigenvalue weighted by Crippen LogP contribution is -2.06. The first-order valence-electron chi connectivity index (χ1n) is 5.85. The van der Waals surface area contributed by atoms with Gasteiger partial charge in [-0.05, 0) is 25.5 Å². The van der Waals surface area contributed by atoms with Gasteiger partial charge in [0.2, 0.25) is 0 Å². The lowest BCUT2D eigenvalue weighted by atomic mass is 10.3. The molecule has 0 saturated carbocycles. The van der Waals surface area contributed by atoms with Gasteiger partial charge < -0.3 is 9.30 Å². The van der Waals surface area contributed by atoms with Gasteiger partial charge in [-0.25, -0.2) is 4.98 Å². The van der Waals surface area contributed by atoms with Gasteiger partial charge in [-0.2, -0.15) is 0 Å². The third kappa shape index (κ3) is 2.53. The SMILES string of the molecule is CCOCCCn1c(C=O)nc2ccccc21. The molecule has 1 aromatic carbocycles. The Bertz CT molecular complexity index is 505. The predicted octanol–water partition coefficient (Wildman–Crippen LogP) is 2.28. The topological polar surface area (TPSA) is 44.1 Å². The van der Waals surface area contributed by atoms with Crippen molar-refractivity contribution >= 4 is 17.3 Å². The molecule has 0 bridgehead atoms. The molecule has 0 aliphatic rings. The number of para-hydroxylation sites is 2. The Morgan fingerprint density at radius 1 is 1.41 bits per heavy atom. The number of hydrogen-bond acceptors (Lipinski definition) is 3. The summed E-state index contributed by atoms with van der Waals surface area (Å²) in [6, 6.07) is 7.78. The van der Waals surface area contributed by atoms with E-state index in [0.717, 1.165) is 36.9 Å². The van der Waals surface area contributed by atoms with Crippen LogP contribution in [0.25, 0.3) is 11.0 Å². The maximum absolute atomic E-state index is 11.0. The molecular formula is C13H16N2O2. The predicted molar refractivity (Wildman–Crippen MR) is 66.2 cm³/mol. The van der Waals surface area contributed by atoms with E-state index in [9.17, 15) is 4.79 Å². The van der Waals surface area contributed by atoms with Crippen LogP contribution in [0.1, 0.15) is 24.0 Å². The van der Waals surface area contributed by atoms with Crippen molar-refractivity contribution in [2.24, 2.45) is 0 Å². The van der Waals surface area contributed by atoms with E-state index in [0.29, 0.717) is 12.4 Å². The molecule has 1 aromatic heterocycles. The standard InChI is InChI=1S/C13H16N2O2/c1-2-17-9-5-8-15-12-7-4-3-6-11(12)14-13(15)10-16/h3-4,6-7,10H,2,5,8-9H2,1H3. The van der Waals surface area contributed by atoms with Gasteiger partial charge in [0, 0.05) is 19.8 Å². The first-order valence-corrected chi connectivity index (χ1v) is 5.85. The van der Waals surface area contributed by atoms with Crippen LogP contribution in [-0.2, 0) is 11.3 Å². The van der Waals surface area contributed by atoms with E-state index in [1.807, 2.05) is 35.8 Å². The minimum absolute atomic E-state index is 0.489.